The van der Waals surface area contributed by atoms with Gasteiger partial charge < -0.3 is 15.3 Å². The third kappa shape index (κ3) is 3.07. The number of carboxylic acid groups (broad SMARTS) is 1. The standard InChI is InChI=1S/C13H10N4O3S/c14-4-8-1-2-10(3-9(8)5-15)16-13(20)17-7-21-6-11(17)12(18)19/h1-3,11H,6-7H2,(H,16,20)(H,18,19)/t11-/m0/s1. The van der Waals surface area contributed by atoms with E-state index >= 15 is 0 Å². The molecule has 0 saturated carbocycles. The lowest BCUT2D eigenvalue weighted by Gasteiger charge is -2.20. The summed E-state index contributed by atoms with van der Waals surface area (Å²) in [5.41, 5.74) is 0.716. The molecule has 7 nitrogen and oxygen atoms in total. The maximum Gasteiger partial charge on any atom is 0.327 e. The van der Waals surface area contributed by atoms with Crippen molar-refractivity contribution >= 4 is 29.4 Å². The summed E-state index contributed by atoms with van der Waals surface area (Å²) in [4.78, 5) is 24.3. The molecule has 8 heteroatoms. The molecule has 1 aliphatic heterocycles. The maximum absolute atomic E-state index is 12.1. The number of carbonyl (C=O) groups excluding carboxylic acids is 1. The monoisotopic (exact) mass is 302 g/mol. The molecule has 2 rings (SSSR count). The Labute approximate surface area is 124 Å². The van der Waals surface area contributed by atoms with Crippen LogP contribution in [0.1, 0.15) is 11.1 Å². The number of nitrogens with zero attached hydrogens (tertiary/aromatic N) is 3. The molecule has 106 valence electrons. The van der Waals surface area contributed by atoms with Gasteiger partial charge in [0.15, 0.2) is 0 Å². The lowest BCUT2D eigenvalue weighted by atomic mass is 10.1. The summed E-state index contributed by atoms with van der Waals surface area (Å²) in [6.07, 6.45) is 0. The summed E-state index contributed by atoms with van der Waals surface area (Å²) in [6, 6.07) is 6.66. The maximum atomic E-state index is 12.1. The first-order chi connectivity index (χ1) is 10.1. The molecule has 0 spiro atoms. The van der Waals surface area contributed by atoms with Crippen LogP contribution < -0.4 is 5.32 Å². The predicted octanol–water partition coefficient (Wildman–Crippen LogP) is 1.42. The highest BCUT2D eigenvalue weighted by atomic mass is 32.2. The number of carbonyl (C=O) groups is 2. The molecule has 0 radical (unpaired) electrons. The minimum atomic E-state index is -1.05. The fourth-order valence-corrected chi connectivity index (χ4v) is 3.00. The zero-order valence-corrected chi connectivity index (χ0v) is 11.6. The van der Waals surface area contributed by atoms with E-state index in [1.165, 1.54) is 34.9 Å². The van der Waals surface area contributed by atoms with Crippen LogP contribution in [0.5, 0.6) is 0 Å². The number of carboxylic acids is 1. The Kier molecular flexibility index (Phi) is 4.31. The van der Waals surface area contributed by atoms with Crippen molar-refractivity contribution in [3.05, 3.63) is 29.3 Å². The van der Waals surface area contributed by atoms with Gasteiger partial charge in [-0.05, 0) is 18.2 Å². The van der Waals surface area contributed by atoms with Crippen molar-refractivity contribution < 1.29 is 14.7 Å². The highest BCUT2D eigenvalue weighted by molar-refractivity contribution is 7.99. The van der Waals surface area contributed by atoms with Gasteiger partial charge in [-0.1, -0.05) is 0 Å². The molecule has 2 amide bonds. The van der Waals surface area contributed by atoms with Crippen molar-refractivity contribution in [3.8, 4) is 12.1 Å². The molecular formula is C13H10N4O3S. The Morgan fingerprint density at radius 2 is 2.05 bits per heavy atom. The second-order valence-corrected chi connectivity index (χ2v) is 5.24. The van der Waals surface area contributed by atoms with Crippen molar-refractivity contribution in [1.82, 2.24) is 4.90 Å². The van der Waals surface area contributed by atoms with Crippen LogP contribution in [0.4, 0.5) is 10.5 Å². The SMILES string of the molecule is N#Cc1ccc(NC(=O)N2CSC[C@H]2C(=O)O)cc1C#N. The van der Waals surface area contributed by atoms with Crippen LogP contribution in [-0.2, 0) is 4.79 Å². The minimum Gasteiger partial charge on any atom is -0.480 e. The van der Waals surface area contributed by atoms with Crippen LogP contribution >= 0.6 is 11.8 Å². The van der Waals surface area contributed by atoms with Crippen molar-refractivity contribution in [2.24, 2.45) is 0 Å². The molecule has 1 atom stereocenters. The average Bonchev–Trinajstić information content (AvgIpc) is 2.96. The summed E-state index contributed by atoms with van der Waals surface area (Å²) in [5.74, 6) is -0.406. The van der Waals surface area contributed by atoms with Crippen molar-refractivity contribution in [3.63, 3.8) is 0 Å². The van der Waals surface area contributed by atoms with Crippen LogP contribution in [0.2, 0.25) is 0 Å². The van der Waals surface area contributed by atoms with Crippen LogP contribution in [0.3, 0.4) is 0 Å². The van der Waals surface area contributed by atoms with E-state index in [4.69, 9.17) is 15.6 Å². The second-order valence-electron chi connectivity index (χ2n) is 4.24. The molecule has 0 unspecified atom stereocenters. The average molecular weight is 302 g/mol. The van der Waals surface area contributed by atoms with Crippen molar-refractivity contribution in [2.45, 2.75) is 6.04 Å². The zero-order valence-electron chi connectivity index (χ0n) is 10.7. The molecule has 2 N–H and O–H groups in total. The van der Waals surface area contributed by atoms with Gasteiger partial charge in [0.25, 0.3) is 0 Å². The molecule has 1 aliphatic rings. The Morgan fingerprint density at radius 3 is 2.67 bits per heavy atom. The van der Waals surface area contributed by atoms with E-state index in [1.54, 1.807) is 0 Å². The van der Waals surface area contributed by atoms with Gasteiger partial charge in [-0.25, -0.2) is 9.59 Å². The van der Waals surface area contributed by atoms with Gasteiger partial charge in [-0.2, -0.15) is 10.5 Å². The van der Waals surface area contributed by atoms with Crippen molar-refractivity contribution in [2.75, 3.05) is 16.9 Å². The van der Waals surface area contributed by atoms with Gasteiger partial charge in [0.1, 0.15) is 18.2 Å². The molecule has 1 heterocycles. The normalized spacial score (nSPS) is 16.9. The summed E-state index contributed by atoms with van der Waals surface area (Å²) >= 11 is 1.36. The molecule has 1 aromatic carbocycles. The van der Waals surface area contributed by atoms with Gasteiger partial charge in [-0.3, -0.25) is 0 Å². The first kappa shape index (κ1) is 14.7. The Bertz CT molecular complexity index is 677. The fourth-order valence-electron chi connectivity index (χ4n) is 1.85. The van der Waals surface area contributed by atoms with Crippen molar-refractivity contribution in [1.29, 1.82) is 10.5 Å². The number of nitriles is 2. The van der Waals surface area contributed by atoms with E-state index in [2.05, 4.69) is 5.32 Å². The Hall–Kier alpha value is -2.71. The number of amides is 2. The van der Waals surface area contributed by atoms with Crippen LogP contribution in [0.15, 0.2) is 18.2 Å². The molecule has 0 aromatic heterocycles. The summed E-state index contributed by atoms with van der Waals surface area (Å²) < 4.78 is 0. The molecule has 21 heavy (non-hydrogen) atoms. The number of hydrogen-bond donors (Lipinski definition) is 2. The Balaban J connectivity index is 2.15. The van der Waals surface area contributed by atoms with Gasteiger partial charge in [-0.15, -0.1) is 11.8 Å². The van der Waals surface area contributed by atoms with Gasteiger partial charge in [0.2, 0.25) is 0 Å². The number of benzene rings is 1. The molecular weight excluding hydrogens is 292 g/mol. The smallest absolute Gasteiger partial charge is 0.327 e. The highest BCUT2D eigenvalue weighted by Crippen LogP contribution is 2.23. The minimum absolute atomic E-state index is 0.154. The van der Waals surface area contributed by atoms with Crippen LogP contribution in [0.25, 0.3) is 0 Å². The number of nitrogens with one attached hydrogen (secondary N) is 1. The topological polar surface area (TPSA) is 117 Å². The summed E-state index contributed by atoms with van der Waals surface area (Å²) in [5, 5.41) is 29.3. The van der Waals surface area contributed by atoms with E-state index in [1.807, 2.05) is 12.1 Å². The summed E-state index contributed by atoms with van der Waals surface area (Å²) in [7, 11) is 0. The molecule has 0 bridgehead atoms. The molecule has 1 aromatic rings. The summed E-state index contributed by atoms with van der Waals surface area (Å²) in [6.45, 7) is 0. The number of aliphatic carboxylic acids is 1. The first-order valence-corrected chi connectivity index (χ1v) is 7.04. The number of thioether (sulfide) groups is 1. The van der Waals surface area contributed by atoms with Crippen LogP contribution in [-0.4, -0.2) is 39.7 Å². The van der Waals surface area contributed by atoms with Gasteiger partial charge in [0.05, 0.1) is 17.0 Å². The van der Waals surface area contributed by atoms with Gasteiger partial charge >= 0.3 is 12.0 Å². The van der Waals surface area contributed by atoms with E-state index in [0.29, 0.717) is 17.3 Å². The van der Waals surface area contributed by atoms with E-state index < -0.39 is 18.0 Å². The zero-order chi connectivity index (χ0) is 15.4. The molecule has 1 fully saturated rings. The fraction of sp³-hybridized carbons (Fsp3) is 0.231. The number of hydrogen-bond acceptors (Lipinski definition) is 5. The second kappa shape index (κ2) is 6.16. The Morgan fingerprint density at radius 1 is 1.33 bits per heavy atom. The lowest BCUT2D eigenvalue weighted by molar-refractivity contribution is -0.140. The van der Waals surface area contributed by atoms with E-state index in [-0.39, 0.29) is 11.1 Å². The third-order valence-corrected chi connectivity index (χ3v) is 3.95. The molecule has 1 saturated heterocycles. The first-order valence-electron chi connectivity index (χ1n) is 5.89. The largest absolute Gasteiger partial charge is 0.480 e. The predicted molar refractivity (Wildman–Crippen MR) is 75.5 cm³/mol. The van der Waals surface area contributed by atoms with Crippen LogP contribution in [0, 0.1) is 22.7 Å². The quantitative estimate of drug-likeness (QED) is 0.853. The lowest BCUT2D eigenvalue weighted by Crippen LogP contribution is -2.43. The van der Waals surface area contributed by atoms with E-state index in [9.17, 15) is 9.59 Å². The number of anilines is 1. The number of urea groups is 1. The number of rotatable bonds is 2. The van der Waals surface area contributed by atoms with Gasteiger partial charge in [0, 0.05) is 11.4 Å². The third-order valence-electron chi connectivity index (χ3n) is 2.94. The van der Waals surface area contributed by atoms with E-state index in [0.717, 1.165) is 0 Å². The highest BCUT2D eigenvalue weighted by Gasteiger charge is 2.34. The molecule has 0 aliphatic carbocycles.